The Bertz CT molecular complexity index is 1250. The van der Waals surface area contributed by atoms with Crippen LogP contribution < -0.4 is 9.47 Å². The van der Waals surface area contributed by atoms with E-state index in [4.69, 9.17) is 9.47 Å². The molecule has 1 saturated heterocycles. The molecule has 3 aromatic rings. The number of amides is 1. The Morgan fingerprint density at radius 1 is 1.00 bits per heavy atom. The molecular formula is C25H26F3N3O3. The maximum Gasteiger partial charge on any atom is 0.416 e. The molecule has 0 spiro atoms. The van der Waals surface area contributed by atoms with E-state index in [1.807, 2.05) is 42.4 Å². The Kier molecular flexibility index (Phi) is 5.26. The Balaban J connectivity index is 1.56. The first-order valence-electron chi connectivity index (χ1n) is 11.3. The summed E-state index contributed by atoms with van der Waals surface area (Å²) in [5.74, 6) is 1.89. The van der Waals surface area contributed by atoms with Gasteiger partial charge >= 0.3 is 6.18 Å². The van der Waals surface area contributed by atoms with Crippen molar-refractivity contribution in [3.63, 3.8) is 0 Å². The average Bonchev–Trinajstić information content (AvgIpc) is 3.41. The zero-order valence-electron chi connectivity index (χ0n) is 19.3. The molecule has 0 radical (unpaired) electrons. The van der Waals surface area contributed by atoms with Crippen molar-refractivity contribution in [3.8, 4) is 22.9 Å². The highest BCUT2D eigenvalue weighted by atomic mass is 19.4. The van der Waals surface area contributed by atoms with Crippen LogP contribution in [-0.2, 0) is 11.0 Å². The van der Waals surface area contributed by atoms with Crippen LogP contribution in [0.4, 0.5) is 13.2 Å². The summed E-state index contributed by atoms with van der Waals surface area (Å²) >= 11 is 0. The highest BCUT2D eigenvalue weighted by molar-refractivity contribution is 5.83. The number of carbonyl (C=O) groups is 1. The van der Waals surface area contributed by atoms with E-state index >= 15 is 0 Å². The number of likely N-dealkylation sites (tertiary alicyclic amines) is 1. The normalized spacial score (nSPS) is 16.9. The summed E-state index contributed by atoms with van der Waals surface area (Å²) in [6.45, 7) is 7.01. The van der Waals surface area contributed by atoms with E-state index in [1.165, 1.54) is 6.07 Å². The summed E-state index contributed by atoms with van der Waals surface area (Å²) in [7, 11) is 0. The lowest BCUT2D eigenvalue weighted by Gasteiger charge is -2.36. The molecule has 0 bridgehead atoms. The number of alkyl halides is 3. The van der Waals surface area contributed by atoms with Gasteiger partial charge in [-0.15, -0.1) is 0 Å². The van der Waals surface area contributed by atoms with Crippen LogP contribution in [0.5, 0.6) is 11.5 Å². The fraction of sp³-hybridized carbons (Fsp3) is 0.440. The molecule has 2 aliphatic heterocycles. The minimum absolute atomic E-state index is 0.00817. The maximum absolute atomic E-state index is 13.4. The fourth-order valence-corrected chi connectivity index (χ4v) is 4.69. The Labute approximate surface area is 195 Å². The van der Waals surface area contributed by atoms with Gasteiger partial charge in [0, 0.05) is 30.1 Å². The topological polar surface area (TPSA) is 56.6 Å². The number of fused-ring (bicyclic) bond motifs is 2. The summed E-state index contributed by atoms with van der Waals surface area (Å²) in [4.78, 5) is 19.2. The van der Waals surface area contributed by atoms with Crippen LogP contribution in [0, 0.1) is 5.41 Å². The fourth-order valence-electron chi connectivity index (χ4n) is 4.69. The number of ether oxygens (including phenoxy) is 2. The molecule has 0 atom stereocenters. The molecule has 1 amide bonds. The van der Waals surface area contributed by atoms with Gasteiger partial charge in [-0.3, -0.25) is 4.79 Å². The van der Waals surface area contributed by atoms with Gasteiger partial charge in [-0.05, 0) is 49.2 Å². The van der Waals surface area contributed by atoms with E-state index in [1.54, 1.807) is 6.07 Å². The number of carbonyl (C=O) groups excluding carboxylic acids is 1. The smallest absolute Gasteiger partial charge is 0.416 e. The van der Waals surface area contributed by atoms with Crippen molar-refractivity contribution in [2.45, 2.75) is 45.8 Å². The van der Waals surface area contributed by atoms with Gasteiger partial charge in [0.1, 0.15) is 5.82 Å². The zero-order valence-corrected chi connectivity index (χ0v) is 19.3. The molecule has 0 unspecified atom stereocenters. The van der Waals surface area contributed by atoms with Crippen molar-refractivity contribution in [1.29, 1.82) is 0 Å². The summed E-state index contributed by atoms with van der Waals surface area (Å²) in [5.41, 5.74) is 0.479. The van der Waals surface area contributed by atoms with E-state index in [-0.39, 0.29) is 24.3 Å². The number of piperidine rings is 1. The van der Waals surface area contributed by atoms with Gasteiger partial charge in [0.25, 0.3) is 0 Å². The first-order chi connectivity index (χ1) is 16.0. The standard InChI is InChI=1S/C25H26F3N3O3/c1-24(2,3)23(32)30-10-8-17(9-11-30)31-19-6-5-16(25(26,27)28)13-18(19)29-22(31)15-4-7-20-21(12-15)34-14-33-20/h4-7,12-13,17H,8-11,14H2,1-3H3. The number of rotatable bonds is 2. The van der Waals surface area contributed by atoms with E-state index in [9.17, 15) is 18.0 Å². The summed E-state index contributed by atoms with van der Waals surface area (Å²) in [5, 5.41) is 0. The lowest BCUT2D eigenvalue weighted by Crippen LogP contribution is -2.44. The molecule has 5 rings (SSSR count). The van der Waals surface area contributed by atoms with Crippen molar-refractivity contribution >= 4 is 16.9 Å². The summed E-state index contributed by atoms with van der Waals surface area (Å²) in [6.07, 6.45) is -3.08. The second-order valence-corrected chi connectivity index (χ2v) is 9.85. The molecule has 0 saturated carbocycles. The van der Waals surface area contributed by atoms with Crippen LogP contribution in [0.1, 0.15) is 45.2 Å². The Hall–Kier alpha value is -3.23. The Morgan fingerprint density at radius 2 is 1.71 bits per heavy atom. The predicted octanol–water partition coefficient (Wildman–Crippen LogP) is 5.66. The lowest BCUT2D eigenvalue weighted by molar-refractivity contribution is -0.140. The van der Waals surface area contributed by atoms with Crippen LogP contribution in [0.3, 0.4) is 0 Å². The number of halogens is 3. The van der Waals surface area contributed by atoms with Gasteiger partial charge in [-0.2, -0.15) is 13.2 Å². The van der Waals surface area contributed by atoms with E-state index in [0.717, 1.165) is 17.7 Å². The lowest BCUT2D eigenvalue weighted by atomic mass is 9.93. The molecule has 0 N–H and O–H groups in total. The van der Waals surface area contributed by atoms with Gasteiger partial charge in [-0.25, -0.2) is 4.98 Å². The van der Waals surface area contributed by atoms with Gasteiger partial charge in [0.15, 0.2) is 11.5 Å². The van der Waals surface area contributed by atoms with Crippen LogP contribution >= 0.6 is 0 Å². The third-order valence-electron chi connectivity index (χ3n) is 6.41. The first kappa shape index (κ1) is 22.6. The van der Waals surface area contributed by atoms with Gasteiger partial charge in [-0.1, -0.05) is 20.8 Å². The largest absolute Gasteiger partial charge is 0.454 e. The first-order valence-corrected chi connectivity index (χ1v) is 11.3. The number of aromatic nitrogens is 2. The highest BCUT2D eigenvalue weighted by Crippen LogP contribution is 2.40. The van der Waals surface area contributed by atoms with E-state index in [2.05, 4.69) is 4.98 Å². The number of hydrogen-bond donors (Lipinski definition) is 0. The number of hydrogen-bond acceptors (Lipinski definition) is 4. The van der Waals surface area contributed by atoms with E-state index < -0.39 is 17.2 Å². The highest BCUT2D eigenvalue weighted by Gasteiger charge is 2.34. The van der Waals surface area contributed by atoms with Gasteiger partial charge < -0.3 is 18.9 Å². The minimum atomic E-state index is -4.45. The number of imidazole rings is 1. The SMILES string of the molecule is CC(C)(C)C(=O)N1CCC(n2c(-c3ccc4c(c3)OCO4)nc3cc(C(F)(F)F)ccc32)CC1. The molecule has 1 aromatic heterocycles. The summed E-state index contributed by atoms with van der Waals surface area (Å²) in [6, 6.07) is 9.12. The van der Waals surface area contributed by atoms with Gasteiger partial charge in [0.05, 0.1) is 16.6 Å². The van der Waals surface area contributed by atoms with Crippen molar-refractivity contribution in [1.82, 2.24) is 14.5 Å². The van der Waals surface area contributed by atoms with Crippen molar-refractivity contribution in [2.75, 3.05) is 19.9 Å². The minimum Gasteiger partial charge on any atom is -0.454 e. The quantitative estimate of drug-likeness (QED) is 0.482. The third kappa shape index (κ3) is 3.97. The number of benzene rings is 2. The van der Waals surface area contributed by atoms with Crippen molar-refractivity contribution in [3.05, 3.63) is 42.0 Å². The van der Waals surface area contributed by atoms with Crippen LogP contribution in [-0.4, -0.2) is 40.2 Å². The predicted molar refractivity (Wildman–Crippen MR) is 121 cm³/mol. The van der Waals surface area contributed by atoms with Gasteiger partial charge in [0.2, 0.25) is 12.7 Å². The van der Waals surface area contributed by atoms with Crippen LogP contribution in [0.2, 0.25) is 0 Å². The second kappa shape index (κ2) is 7.92. The van der Waals surface area contributed by atoms with Crippen molar-refractivity contribution in [2.24, 2.45) is 5.41 Å². The third-order valence-corrected chi connectivity index (χ3v) is 6.41. The van der Waals surface area contributed by atoms with Crippen molar-refractivity contribution < 1.29 is 27.4 Å². The molecule has 3 heterocycles. The molecule has 2 aromatic carbocycles. The molecule has 9 heteroatoms. The van der Waals surface area contributed by atoms with E-state index in [0.29, 0.717) is 48.8 Å². The second-order valence-electron chi connectivity index (χ2n) is 9.85. The number of nitrogens with zero attached hydrogens (tertiary/aromatic N) is 3. The molecule has 0 aliphatic carbocycles. The zero-order chi connectivity index (χ0) is 24.3. The molecule has 34 heavy (non-hydrogen) atoms. The maximum atomic E-state index is 13.4. The molecule has 6 nitrogen and oxygen atoms in total. The van der Waals surface area contributed by atoms with Crippen LogP contribution in [0.15, 0.2) is 36.4 Å². The summed E-state index contributed by atoms with van der Waals surface area (Å²) < 4.78 is 53.0. The monoisotopic (exact) mass is 473 g/mol. The average molecular weight is 473 g/mol. The molecule has 1 fully saturated rings. The Morgan fingerprint density at radius 3 is 2.38 bits per heavy atom. The molecular weight excluding hydrogens is 447 g/mol. The molecule has 180 valence electrons. The van der Waals surface area contributed by atoms with Crippen LogP contribution in [0.25, 0.3) is 22.4 Å². The molecule has 2 aliphatic rings.